The zero-order valence-electron chi connectivity index (χ0n) is 13.0. The molecule has 1 aromatic rings. The van der Waals surface area contributed by atoms with Crippen LogP contribution in [0.3, 0.4) is 0 Å². The zero-order valence-corrected chi connectivity index (χ0v) is 14.6. The van der Waals surface area contributed by atoms with Crippen LogP contribution in [0, 0.1) is 5.92 Å². The molecule has 1 fully saturated rings. The first kappa shape index (κ1) is 17.1. The first-order chi connectivity index (χ1) is 10.1. The summed E-state index contributed by atoms with van der Waals surface area (Å²) in [5.41, 5.74) is 1.22. The maximum atomic E-state index is 6.48. The van der Waals surface area contributed by atoms with Gasteiger partial charge in [-0.1, -0.05) is 42.6 Å². The van der Waals surface area contributed by atoms with Gasteiger partial charge in [-0.05, 0) is 69.6 Å². The number of nitrogens with zero attached hydrogens (tertiary/aromatic N) is 1. The molecule has 0 radical (unpaired) electrons. The van der Waals surface area contributed by atoms with Gasteiger partial charge in [-0.2, -0.15) is 0 Å². The van der Waals surface area contributed by atoms with Crippen LogP contribution in [-0.4, -0.2) is 31.6 Å². The second-order valence-corrected chi connectivity index (χ2v) is 6.89. The SMILES string of the molecule is CCCNCC1CCCCN(C)C1c1ccc(Cl)cc1Cl. The highest BCUT2D eigenvalue weighted by Crippen LogP contribution is 2.38. The molecule has 2 atom stereocenters. The quantitative estimate of drug-likeness (QED) is 0.783. The van der Waals surface area contributed by atoms with Crippen LogP contribution in [0.15, 0.2) is 18.2 Å². The predicted molar refractivity (Wildman–Crippen MR) is 92.3 cm³/mol. The van der Waals surface area contributed by atoms with Crippen molar-refractivity contribution in [3.8, 4) is 0 Å². The van der Waals surface area contributed by atoms with Gasteiger partial charge in [0.15, 0.2) is 0 Å². The van der Waals surface area contributed by atoms with Crippen LogP contribution in [0.25, 0.3) is 0 Å². The van der Waals surface area contributed by atoms with Crippen molar-refractivity contribution in [1.82, 2.24) is 10.2 Å². The molecule has 1 heterocycles. The van der Waals surface area contributed by atoms with E-state index in [1.54, 1.807) is 0 Å². The Morgan fingerprint density at radius 3 is 2.81 bits per heavy atom. The van der Waals surface area contributed by atoms with Crippen molar-refractivity contribution in [2.45, 2.75) is 38.6 Å². The van der Waals surface area contributed by atoms with Gasteiger partial charge < -0.3 is 5.32 Å². The lowest BCUT2D eigenvalue weighted by Crippen LogP contribution is -2.35. The average molecular weight is 329 g/mol. The fraction of sp³-hybridized carbons (Fsp3) is 0.647. The number of likely N-dealkylation sites (tertiary alicyclic amines) is 1. The number of hydrogen-bond acceptors (Lipinski definition) is 2. The molecule has 1 N–H and O–H groups in total. The minimum absolute atomic E-state index is 0.377. The van der Waals surface area contributed by atoms with Gasteiger partial charge in [-0.25, -0.2) is 0 Å². The second kappa shape index (κ2) is 8.38. The van der Waals surface area contributed by atoms with Crippen molar-refractivity contribution < 1.29 is 0 Å². The maximum Gasteiger partial charge on any atom is 0.0468 e. The summed E-state index contributed by atoms with van der Waals surface area (Å²) in [4.78, 5) is 2.46. The molecule has 0 aliphatic carbocycles. The smallest absolute Gasteiger partial charge is 0.0468 e. The Morgan fingerprint density at radius 2 is 2.10 bits per heavy atom. The minimum Gasteiger partial charge on any atom is -0.316 e. The van der Waals surface area contributed by atoms with Crippen molar-refractivity contribution in [3.05, 3.63) is 33.8 Å². The van der Waals surface area contributed by atoms with Gasteiger partial charge in [0.1, 0.15) is 0 Å². The van der Waals surface area contributed by atoms with E-state index in [0.29, 0.717) is 17.0 Å². The van der Waals surface area contributed by atoms with E-state index in [9.17, 15) is 0 Å². The van der Waals surface area contributed by atoms with Gasteiger partial charge >= 0.3 is 0 Å². The lowest BCUT2D eigenvalue weighted by atomic mass is 9.89. The molecule has 0 saturated carbocycles. The summed E-state index contributed by atoms with van der Waals surface area (Å²) in [5, 5.41) is 5.09. The topological polar surface area (TPSA) is 15.3 Å². The Balaban J connectivity index is 2.23. The molecule has 21 heavy (non-hydrogen) atoms. The number of halogens is 2. The summed E-state index contributed by atoms with van der Waals surface area (Å²) in [5.74, 6) is 0.600. The summed E-state index contributed by atoms with van der Waals surface area (Å²) >= 11 is 12.5. The Kier molecular flexibility index (Phi) is 6.81. The van der Waals surface area contributed by atoms with E-state index in [4.69, 9.17) is 23.2 Å². The van der Waals surface area contributed by atoms with Crippen molar-refractivity contribution >= 4 is 23.2 Å². The molecule has 1 aliphatic rings. The van der Waals surface area contributed by atoms with E-state index in [2.05, 4.69) is 30.3 Å². The molecule has 0 amide bonds. The predicted octanol–water partition coefficient (Wildman–Crippen LogP) is 4.77. The molecule has 2 unspecified atom stereocenters. The molecule has 0 aromatic heterocycles. The summed E-state index contributed by atoms with van der Waals surface area (Å²) in [6.07, 6.45) is 4.99. The Bertz CT molecular complexity index is 450. The van der Waals surface area contributed by atoms with E-state index in [1.165, 1.54) is 31.2 Å². The number of hydrogen-bond donors (Lipinski definition) is 1. The third-order valence-corrected chi connectivity index (χ3v) is 4.93. The highest BCUT2D eigenvalue weighted by atomic mass is 35.5. The summed E-state index contributed by atoms with van der Waals surface area (Å²) in [7, 11) is 2.22. The first-order valence-electron chi connectivity index (χ1n) is 7.99. The van der Waals surface area contributed by atoms with E-state index >= 15 is 0 Å². The average Bonchev–Trinajstić information content (AvgIpc) is 2.62. The van der Waals surface area contributed by atoms with Crippen LogP contribution in [0.5, 0.6) is 0 Å². The Labute approximate surface area is 138 Å². The number of nitrogens with one attached hydrogen (secondary N) is 1. The normalized spacial score (nSPS) is 24.0. The van der Waals surface area contributed by atoms with Gasteiger partial charge in [-0.3, -0.25) is 4.90 Å². The largest absolute Gasteiger partial charge is 0.316 e. The van der Waals surface area contributed by atoms with Crippen LogP contribution >= 0.6 is 23.2 Å². The lowest BCUT2D eigenvalue weighted by molar-refractivity contribution is 0.189. The minimum atomic E-state index is 0.377. The highest BCUT2D eigenvalue weighted by molar-refractivity contribution is 6.35. The number of benzene rings is 1. The van der Waals surface area contributed by atoms with Crippen LogP contribution in [0.4, 0.5) is 0 Å². The third-order valence-electron chi connectivity index (χ3n) is 4.37. The molecular formula is C17H26Cl2N2. The molecule has 1 aromatic carbocycles. The molecule has 1 saturated heterocycles. The molecule has 118 valence electrons. The van der Waals surface area contributed by atoms with Crippen LogP contribution in [-0.2, 0) is 0 Å². The van der Waals surface area contributed by atoms with Crippen molar-refractivity contribution in [1.29, 1.82) is 0 Å². The van der Waals surface area contributed by atoms with Gasteiger partial charge in [0.25, 0.3) is 0 Å². The fourth-order valence-corrected chi connectivity index (χ4v) is 3.86. The third kappa shape index (κ3) is 4.59. The number of rotatable bonds is 5. The molecular weight excluding hydrogens is 303 g/mol. The maximum absolute atomic E-state index is 6.48. The Morgan fingerprint density at radius 1 is 1.29 bits per heavy atom. The summed E-state index contributed by atoms with van der Waals surface area (Å²) in [6.45, 7) is 5.48. The first-order valence-corrected chi connectivity index (χ1v) is 8.75. The Hall–Kier alpha value is -0.280. The van der Waals surface area contributed by atoms with Crippen molar-refractivity contribution in [2.24, 2.45) is 5.92 Å². The lowest BCUT2D eigenvalue weighted by Gasteiger charge is -2.33. The van der Waals surface area contributed by atoms with Gasteiger partial charge in [0.2, 0.25) is 0 Å². The summed E-state index contributed by atoms with van der Waals surface area (Å²) in [6, 6.07) is 6.30. The molecule has 2 rings (SSSR count). The van der Waals surface area contributed by atoms with E-state index < -0.39 is 0 Å². The monoisotopic (exact) mass is 328 g/mol. The van der Waals surface area contributed by atoms with Crippen LogP contribution in [0.1, 0.15) is 44.2 Å². The summed E-state index contributed by atoms with van der Waals surface area (Å²) < 4.78 is 0. The van der Waals surface area contributed by atoms with Crippen molar-refractivity contribution in [3.63, 3.8) is 0 Å². The molecule has 2 nitrogen and oxygen atoms in total. The molecule has 4 heteroatoms. The van der Waals surface area contributed by atoms with Crippen molar-refractivity contribution in [2.75, 3.05) is 26.7 Å². The molecule has 0 spiro atoms. The fourth-order valence-electron chi connectivity index (χ4n) is 3.34. The van der Waals surface area contributed by atoms with E-state index in [-0.39, 0.29) is 0 Å². The van der Waals surface area contributed by atoms with Gasteiger partial charge in [-0.15, -0.1) is 0 Å². The van der Waals surface area contributed by atoms with Gasteiger partial charge in [0, 0.05) is 16.1 Å². The second-order valence-electron chi connectivity index (χ2n) is 6.05. The van der Waals surface area contributed by atoms with E-state index in [1.807, 2.05) is 12.1 Å². The van der Waals surface area contributed by atoms with E-state index in [0.717, 1.165) is 24.7 Å². The molecule has 1 aliphatic heterocycles. The van der Waals surface area contributed by atoms with Gasteiger partial charge in [0.05, 0.1) is 0 Å². The van der Waals surface area contributed by atoms with Crippen LogP contribution in [0.2, 0.25) is 10.0 Å². The highest BCUT2D eigenvalue weighted by Gasteiger charge is 2.30. The standard InChI is InChI=1S/C17H26Cl2N2/c1-3-9-20-12-13-6-4-5-10-21(2)17(13)15-8-7-14(18)11-16(15)19/h7-8,11,13,17,20H,3-6,9-10,12H2,1-2H3. The van der Waals surface area contributed by atoms with Crippen LogP contribution < -0.4 is 5.32 Å². The molecule has 0 bridgehead atoms. The zero-order chi connectivity index (χ0) is 15.2.